The first kappa shape index (κ1) is 25.0. The Bertz CT molecular complexity index is 989. The quantitative estimate of drug-likeness (QED) is 0.517. The second kappa shape index (κ2) is 11.6. The molecule has 5 nitrogen and oxygen atoms in total. The molecule has 2 bridgehead atoms. The molecule has 2 aromatic carbocycles. The van der Waals surface area contributed by atoms with Crippen LogP contribution in [0.15, 0.2) is 60.7 Å². The number of benzene rings is 2. The smallest absolute Gasteiger partial charge is 0.230 e. The molecule has 5 rings (SSSR count). The molecule has 3 saturated heterocycles. The number of hydrogen-bond donors (Lipinski definition) is 0. The first-order valence-corrected chi connectivity index (χ1v) is 14.0. The van der Waals surface area contributed by atoms with Gasteiger partial charge in [-0.2, -0.15) is 0 Å². The SMILES string of the molecule is CC(=O)N1CCC(C(=O)N(CCCN2C3CCC2CC(Cc2ccccc2)C3)c2ccccc2)CC1. The molecule has 3 aliphatic rings. The fraction of sp³-hybridized carbons (Fsp3) is 0.548. The van der Waals surface area contributed by atoms with Crippen molar-refractivity contribution in [3.63, 3.8) is 0 Å². The lowest BCUT2D eigenvalue weighted by molar-refractivity contribution is -0.133. The molecular weight excluding hydrogens is 446 g/mol. The summed E-state index contributed by atoms with van der Waals surface area (Å²) >= 11 is 0. The summed E-state index contributed by atoms with van der Waals surface area (Å²) in [6, 6.07) is 22.5. The average molecular weight is 488 g/mol. The van der Waals surface area contributed by atoms with Gasteiger partial charge in [0.05, 0.1) is 0 Å². The molecular formula is C31H41N3O2. The van der Waals surface area contributed by atoms with Gasteiger partial charge in [0.2, 0.25) is 11.8 Å². The van der Waals surface area contributed by atoms with Crippen molar-refractivity contribution < 1.29 is 9.59 Å². The van der Waals surface area contributed by atoms with E-state index in [9.17, 15) is 9.59 Å². The van der Waals surface area contributed by atoms with Gasteiger partial charge < -0.3 is 9.80 Å². The van der Waals surface area contributed by atoms with Crippen LogP contribution in [0, 0.1) is 11.8 Å². The van der Waals surface area contributed by atoms with Crippen molar-refractivity contribution in [1.29, 1.82) is 0 Å². The molecule has 3 aliphatic heterocycles. The van der Waals surface area contributed by atoms with Gasteiger partial charge in [0.25, 0.3) is 0 Å². The molecule has 2 unspecified atom stereocenters. The summed E-state index contributed by atoms with van der Waals surface area (Å²) in [5, 5.41) is 0. The highest BCUT2D eigenvalue weighted by Gasteiger charge is 2.40. The van der Waals surface area contributed by atoms with Crippen LogP contribution in [0.5, 0.6) is 0 Å². The van der Waals surface area contributed by atoms with E-state index in [0.717, 1.165) is 44.0 Å². The van der Waals surface area contributed by atoms with Crippen LogP contribution in [0.25, 0.3) is 0 Å². The van der Waals surface area contributed by atoms with Gasteiger partial charge in [-0.3, -0.25) is 14.5 Å². The van der Waals surface area contributed by atoms with Gasteiger partial charge in [-0.15, -0.1) is 0 Å². The fourth-order valence-corrected chi connectivity index (χ4v) is 6.91. The van der Waals surface area contributed by atoms with Crippen LogP contribution in [0.4, 0.5) is 5.69 Å². The zero-order valence-corrected chi connectivity index (χ0v) is 21.7. The Kier molecular flexibility index (Phi) is 8.05. The molecule has 0 spiro atoms. The number of fused-ring (bicyclic) bond motifs is 2. The third kappa shape index (κ3) is 5.83. The van der Waals surface area contributed by atoms with Crippen molar-refractivity contribution in [1.82, 2.24) is 9.80 Å². The van der Waals surface area contributed by atoms with E-state index in [0.29, 0.717) is 25.2 Å². The summed E-state index contributed by atoms with van der Waals surface area (Å²) in [6.07, 6.45) is 9.01. The monoisotopic (exact) mass is 487 g/mol. The summed E-state index contributed by atoms with van der Waals surface area (Å²) in [6.45, 7) is 4.84. The van der Waals surface area contributed by atoms with Crippen molar-refractivity contribution in [2.24, 2.45) is 11.8 Å². The lowest BCUT2D eigenvalue weighted by Gasteiger charge is -2.39. The van der Waals surface area contributed by atoms with Gasteiger partial charge in [-0.1, -0.05) is 48.5 Å². The number of likely N-dealkylation sites (tertiary alicyclic amines) is 1. The summed E-state index contributed by atoms with van der Waals surface area (Å²) in [7, 11) is 0. The maximum absolute atomic E-state index is 13.6. The standard InChI is InChI=1S/C31H41N3O2/c1-24(35)32-19-15-27(16-20-32)31(36)34(28-11-6-3-7-12-28)18-8-17-33-29-13-14-30(33)23-26(22-29)21-25-9-4-2-5-10-25/h2-7,9-12,26-27,29-30H,8,13-23H2,1H3. The molecule has 5 heteroatoms. The second-order valence-electron chi connectivity index (χ2n) is 11.1. The summed E-state index contributed by atoms with van der Waals surface area (Å²) in [4.78, 5) is 32.0. The maximum Gasteiger partial charge on any atom is 0.230 e. The molecule has 36 heavy (non-hydrogen) atoms. The number of para-hydroxylation sites is 1. The Morgan fingerprint density at radius 3 is 2.08 bits per heavy atom. The number of anilines is 1. The summed E-state index contributed by atoms with van der Waals surface area (Å²) in [5.74, 6) is 1.15. The third-order valence-corrected chi connectivity index (χ3v) is 8.77. The molecule has 2 atom stereocenters. The Balaban J connectivity index is 1.17. The molecule has 0 saturated carbocycles. The van der Waals surface area contributed by atoms with Gasteiger partial charge in [0.1, 0.15) is 0 Å². The van der Waals surface area contributed by atoms with E-state index >= 15 is 0 Å². The lowest BCUT2D eigenvalue weighted by Crippen LogP contribution is -2.46. The normalized spacial score (nSPS) is 24.6. The van der Waals surface area contributed by atoms with Gasteiger partial charge in [0.15, 0.2) is 0 Å². The Hall–Kier alpha value is -2.66. The molecule has 2 aromatic rings. The first-order valence-electron chi connectivity index (χ1n) is 14.0. The molecule has 0 N–H and O–H groups in total. The number of hydrogen-bond acceptors (Lipinski definition) is 3. The Morgan fingerprint density at radius 2 is 1.47 bits per heavy atom. The van der Waals surface area contributed by atoms with E-state index in [1.54, 1.807) is 6.92 Å². The van der Waals surface area contributed by atoms with Crippen molar-refractivity contribution >= 4 is 17.5 Å². The van der Waals surface area contributed by atoms with Crippen LogP contribution >= 0.6 is 0 Å². The maximum atomic E-state index is 13.6. The van der Waals surface area contributed by atoms with Crippen molar-refractivity contribution in [3.8, 4) is 0 Å². The number of carbonyl (C=O) groups excluding carboxylic acids is 2. The predicted molar refractivity (Wildman–Crippen MR) is 145 cm³/mol. The Labute approximate surface area is 216 Å². The van der Waals surface area contributed by atoms with Crippen molar-refractivity contribution in [3.05, 3.63) is 66.2 Å². The van der Waals surface area contributed by atoms with Crippen LogP contribution in [-0.2, 0) is 16.0 Å². The largest absolute Gasteiger partial charge is 0.343 e. The molecule has 0 radical (unpaired) electrons. The minimum atomic E-state index is 0.00529. The van der Waals surface area contributed by atoms with Crippen LogP contribution in [0.1, 0.15) is 57.4 Å². The van der Waals surface area contributed by atoms with E-state index < -0.39 is 0 Å². The highest BCUT2D eigenvalue weighted by molar-refractivity contribution is 5.95. The van der Waals surface area contributed by atoms with Crippen LogP contribution in [0.2, 0.25) is 0 Å². The molecule has 0 aliphatic carbocycles. The van der Waals surface area contributed by atoms with Crippen molar-refractivity contribution in [2.45, 2.75) is 70.4 Å². The van der Waals surface area contributed by atoms with Gasteiger partial charge in [0, 0.05) is 56.8 Å². The fourth-order valence-electron chi connectivity index (χ4n) is 6.91. The summed E-state index contributed by atoms with van der Waals surface area (Å²) in [5.41, 5.74) is 2.47. The van der Waals surface area contributed by atoms with Gasteiger partial charge in [-0.05, 0) is 75.0 Å². The topological polar surface area (TPSA) is 43.9 Å². The van der Waals surface area contributed by atoms with E-state index in [1.165, 1.54) is 37.7 Å². The predicted octanol–water partition coefficient (Wildman–Crippen LogP) is 5.15. The molecule has 192 valence electrons. The number of piperidine rings is 2. The number of rotatable bonds is 8. The van der Waals surface area contributed by atoms with Crippen LogP contribution < -0.4 is 4.90 Å². The zero-order chi connectivity index (χ0) is 24.9. The average Bonchev–Trinajstić information content (AvgIpc) is 3.14. The minimum Gasteiger partial charge on any atom is -0.343 e. The van der Waals surface area contributed by atoms with E-state index in [4.69, 9.17) is 0 Å². The number of amides is 2. The van der Waals surface area contributed by atoms with Crippen LogP contribution in [0.3, 0.4) is 0 Å². The molecule has 3 heterocycles. The molecule has 0 aromatic heterocycles. The van der Waals surface area contributed by atoms with Gasteiger partial charge in [-0.25, -0.2) is 0 Å². The van der Waals surface area contributed by atoms with Crippen LogP contribution in [-0.4, -0.2) is 59.9 Å². The number of nitrogens with zero attached hydrogens (tertiary/aromatic N) is 3. The number of carbonyl (C=O) groups is 2. The second-order valence-corrected chi connectivity index (χ2v) is 11.1. The van der Waals surface area contributed by atoms with E-state index in [1.807, 2.05) is 28.0 Å². The highest BCUT2D eigenvalue weighted by atomic mass is 16.2. The Morgan fingerprint density at radius 1 is 0.861 bits per heavy atom. The van der Waals surface area contributed by atoms with Gasteiger partial charge >= 0.3 is 0 Å². The third-order valence-electron chi connectivity index (χ3n) is 8.77. The minimum absolute atomic E-state index is 0.00529. The zero-order valence-electron chi connectivity index (χ0n) is 21.7. The van der Waals surface area contributed by atoms with Crippen molar-refractivity contribution in [2.75, 3.05) is 31.1 Å². The highest BCUT2D eigenvalue weighted by Crippen LogP contribution is 2.40. The summed E-state index contributed by atoms with van der Waals surface area (Å²) < 4.78 is 0. The first-order chi connectivity index (χ1) is 17.6. The van der Waals surface area contributed by atoms with E-state index in [-0.39, 0.29) is 17.7 Å². The molecule has 3 fully saturated rings. The molecule has 2 amide bonds. The lowest BCUT2D eigenvalue weighted by atomic mass is 9.85. The van der Waals surface area contributed by atoms with E-state index in [2.05, 4.69) is 47.4 Å².